The standard InChI is InChI=1S/C16H32N4O/c1-12(2)18-15(17-11-14(21)20(5)6)19-13-7-9-16(3,4)10-8-13/h12-13H,7-11H2,1-6H3,(H2,17,18,19). The first-order valence-corrected chi connectivity index (χ1v) is 7.97. The Bertz CT molecular complexity index is 364. The predicted molar refractivity (Wildman–Crippen MR) is 88.4 cm³/mol. The van der Waals surface area contributed by atoms with Crippen molar-refractivity contribution in [3.63, 3.8) is 0 Å². The van der Waals surface area contributed by atoms with Crippen molar-refractivity contribution in [2.24, 2.45) is 10.4 Å². The molecule has 0 unspecified atom stereocenters. The molecule has 0 bridgehead atoms. The van der Waals surface area contributed by atoms with E-state index in [9.17, 15) is 4.79 Å². The fourth-order valence-electron chi connectivity index (χ4n) is 2.43. The molecule has 1 fully saturated rings. The minimum Gasteiger partial charge on any atom is -0.354 e. The Hall–Kier alpha value is -1.26. The summed E-state index contributed by atoms with van der Waals surface area (Å²) in [6.45, 7) is 9.01. The van der Waals surface area contributed by atoms with E-state index in [1.165, 1.54) is 12.8 Å². The van der Waals surface area contributed by atoms with E-state index in [0.29, 0.717) is 17.5 Å². The van der Waals surface area contributed by atoms with Crippen LogP contribution in [0.1, 0.15) is 53.4 Å². The summed E-state index contributed by atoms with van der Waals surface area (Å²) in [5.74, 6) is 0.773. The van der Waals surface area contributed by atoms with Crippen LogP contribution in [0.5, 0.6) is 0 Å². The van der Waals surface area contributed by atoms with Crippen LogP contribution >= 0.6 is 0 Å². The third-order valence-corrected chi connectivity index (χ3v) is 3.98. The van der Waals surface area contributed by atoms with Crippen molar-refractivity contribution >= 4 is 11.9 Å². The molecular weight excluding hydrogens is 264 g/mol. The van der Waals surface area contributed by atoms with Crippen LogP contribution in [0.2, 0.25) is 0 Å². The highest BCUT2D eigenvalue weighted by Crippen LogP contribution is 2.34. The van der Waals surface area contributed by atoms with Crippen LogP contribution in [0.15, 0.2) is 4.99 Å². The van der Waals surface area contributed by atoms with Crippen LogP contribution in [-0.2, 0) is 4.79 Å². The van der Waals surface area contributed by atoms with E-state index < -0.39 is 0 Å². The number of amides is 1. The Kier molecular flexibility index (Phi) is 6.49. The van der Waals surface area contributed by atoms with E-state index in [1.807, 2.05) is 0 Å². The monoisotopic (exact) mass is 296 g/mol. The number of aliphatic imine (C=N–C) groups is 1. The Morgan fingerprint density at radius 1 is 1.29 bits per heavy atom. The number of carbonyl (C=O) groups is 1. The molecule has 1 amide bonds. The zero-order valence-electron chi connectivity index (χ0n) is 14.5. The van der Waals surface area contributed by atoms with E-state index in [1.54, 1.807) is 19.0 Å². The molecule has 0 atom stereocenters. The zero-order chi connectivity index (χ0) is 16.0. The lowest BCUT2D eigenvalue weighted by atomic mass is 9.75. The third-order valence-electron chi connectivity index (χ3n) is 3.98. The van der Waals surface area contributed by atoms with Gasteiger partial charge in [0.2, 0.25) is 5.91 Å². The second kappa shape index (κ2) is 7.66. The number of nitrogens with zero attached hydrogens (tertiary/aromatic N) is 2. The summed E-state index contributed by atoms with van der Waals surface area (Å²) in [4.78, 5) is 17.7. The fourth-order valence-corrected chi connectivity index (χ4v) is 2.43. The van der Waals surface area contributed by atoms with Crippen LogP contribution in [0, 0.1) is 5.41 Å². The number of hydrogen-bond acceptors (Lipinski definition) is 2. The number of likely N-dealkylation sites (N-methyl/N-ethyl adjacent to an activating group) is 1. The molecule has 0 aliphatic heterocycles. The molecule has 0 saturated heterocycles. The van der Waals surface area contributed by atoms with Crippen LogP contribution in [0.3, 0.4) is 0 Å². The molecule has 0 aromatic rings. The van der Waals surface area contributed by atoms with Gasteiger partial charge in [-0.1, -0.05) is 13.8 Å². The molecule has 0 radical (unpaired) electrons. The highest BCUT2D eigenvalue weighted by molar-refractivity contribution is 5.85. The summed E-state index contributed by atoms with van der Waals surface area (Å²) in [6.07, 6.45) is 4.79. The molecule has 0 spiro atoms. The third kappa shape index (κ3) is 6.82. The van der Waals surface area contributed by atoms with Crippen molar-refractivity contribution in [1.29, 1.82) is 0 Å². The Morgan fingerprint density at radius 2 is 1.86 bits per heavy atom. The second-order valence-corrected chi connectivity index (χ2v) is 7.33. The van der Waals surface area contributed by atoms with Gasteiger partial charge in [0.25, 0.3) is 0 Å². The first-order valence-electron chi connectivity index (χ1n) is 7.97. The number of rotatable bonds is 4. The molecule has 1 aliphatic rings. The summed E-state index contributed by atoms with van der Waals surface area (Å²) in [7, 11) is 3.51. The van der Waals surface area contributed by atoms with Crippen molar-refractivity contribution in [2.75, 3.05) is 20.6 Å². The van der Waals surface area contributed by atoms with Crippen molar-refractivity contribution in [3.8, 4) is 0 Å². The van der Waals surface area contributed by atoms with Crippen molar-refractivity contribution < 1.29 is 4.79 Å². The number of carbonyl (C=O) groups excluding carboxylic acids is 1. The van der Waals surface area contributed by atoms with Crippen LogP contribution in [-0.4, -0.2) is 49.5 Å². The number of nitrogens with one attached hydrogen (secondary N) is 2. The fraction of sp³-hybridized carbons (Fsp3) is 0.875. The molecule has 1 aliphatic carbocycles. The van der Waals surface area contributed by atoms with E-state index in [2.05, 4.69) is 43.3 Å². The van der Waals surface area contributed by atoms with Gasteiger partial charge in [-0.15, -0.1) is 0 Å². The summed E-state index contributed by atoms with van der Waals surface area (Å²) >= 11 is 0. The molecule has 0 heterocycles. The average Bonchev–Trinajstić information content (AvgIpc) is 2.37. The lowest BCUT2D eigenvalue weighted by molar-refractivity contribution is -0.127. The predicted octanol–water partition coefficient (Wildman–Crippen LogP) is 1.99. The minimum atomic E-state index is 0.0182. The first-order chi connectivity index (χ1) is 9.69. The van der Waals surface area contributed by atoms with Gasteiger partial charge in [-0.3, -0.25) is 4.79 Å². The maximum atomic E-state index is 11.7. The summed E-state index contributed by atoms with van der Waals surface area (Å²) < 4.78 is 0. The zero-order valence-corrected chi connectivity index (χ0v) is 14.5. The van der Waals surface area contributed by atoms with Gasteiger partial charge < -0.3 is 15.5 Å². The van der Waals surface area contributed by atoms with Crippen molar-refractivity contribution in [1.82, 2.24) is 15.5 Å². The Balaban J connectivity index is 2.58. The van der Waals surface area contributed by atoms with E-state index in [-0.39, 0.29) is 12.5 Å². The largest absolute Gasteiger partial charge is 0.354 e. The van der Waals surface area contributed by atoms with Crippen LogP contribution < -0.4 is 10.6 Å². The van der Waals surface area contributed by atoms with E-state index in [4.69, 9.17) is 0 Å². The highest BCUT2D eigenvalue weighted by atomic mass is 16.2. The quantitative estimate of drug-likeness (QED) is 0.616. The minimum absolute atomic E-state index is 0.0182. The molecule has 2 N–H and O–H groups in total. The van der Waals surface area contributed by atoms with Crippen LogP contribution in [0.4, 0.5) is 0 Å². The molecule has 5 nitrogen and oxygen atoms in total. The van der Waals surface area contributed by atoms with Gasteiger partial charge >= 0.3 is 0 Å². The molecule has 5 heteroatoms. The van der Waals surface area contributed by atoms with Crippen molar-refractivity contribution in [3.05, 3.63) is 0 Å². The number of hydrogen-bond donors (Lipinski definition) is 2. The van der Waals surface area contributed by atoms with Gasteiger partial charge in [0.15, 0.2) is 5.96 Å². The molecule has 0 aromatic carbocycles. The molecule has 1 saturated carbocycles. The topological polar surface area (TPSA) is 56.7 Å². The lowest BCUT2D eigenvalue weighted by Gasteiger charge is -2.35. The summed E-state index contributed by atoms with van der Waals surface area (Å²) in [5.41, 5.74) is 0.460. The van der Waals surface area contributed by atoms with Gasteiger partial charge in [-0.05, 0) is 44.9 Å². The van der Waals surface area contributed by atoms with Gasteiger partial charge in [0.1, 0.15) is 6.54 Å². The molecule has 0 aromatic heterocycles. The highest BCUT2D eigenvalue weighted by Gasteiger charge is 2.27. The van der Waals surface area contributed by atoms with E-state index >= 15 is 0 Å². The first kappa shape index (κ1) is 17.8. The van der Waals surface area contributed by atoms with Gasteiger partial charge in [0, 0.05) is 26.2 Å². The van der Waals surface area contributed by atoms with Gasteiger partial charge in [0.05, 0.1) is 0 Å². The Morgan fingerprint density at radius 3 is 2.33 bits per heavy atom. The molecule has 21 heavy (non-hydrogen) atoms. The van der Waals surface area contributed by atoms with Gasteiger partial charge in [-0.2, -0.15) is 0 Å². The molecular formula is C16H32N4O. The van der Waals surface area contributed by atoms with Crippen molar-refractivity contribution in [2.45, 2.75) is 65.5 Å². The summed E-state index contributed by atoms with van der Waals surface area (Å²) in [5, 5.41) is 6.80. The normalized spacial score (nSPS) is 19.5. The number of guanidine groups is 1. The lowest BCUT2D eigenvalue weighted by Crippen LogP contribution is -2.48. The van der Waals surface area contributed by atoms with E-state index in [0.717, 1.165) is 18.8 Å². The maximum absolute atomic E-state index is 11.7. The molecule has 122 valence electrons. The molecule has 1 rings (SSSR count). The summed E-state index contributed by atoms with van der Waals surface area (Å²) in [6, 6.07) is 0.753. The Labute approximate surface area is 129 Å². The maximum Gasteiger partial charge on any atom is 0.243 e. The SMILES string of the molecule is CC(C)NC(=NCC(=O)N(C)C)NC1CCC(C)(C)CC1. The second-order valence-electron chi connectivity index (χ2n) is 7.33. The van der Waals surface area contributed by atoms with Gasteiger partial charge in [-0.25, -0.2) is 4.99 Å². The van der Waals surface area contributed by atoms with Crippen LogP contribution in [0.25, 0.3) is 0 Å². The average molecular weight is 296 g/mol. The smallest absolute Gasteiger partial charge is 0.243 e.